The summed E-state index contributed by atoms with van der Waals surface area (Å²) in [5.41, 5.74) is 0.848. The normalized spacial score (nSPS) is 11.9. The van der Waals surface area contributed by atoms with Crippen molar-refractivity contribution in [3.63, 3.8) is 0 Å². The van der Waals surface area contributed by atoms with Crippen LogP contribution < -0.4 is 10.1 Å². The van der Waals surface area contributed by atoms with Crippen LogP contribution in [0.15, 0.2) is 24.3 Å². The number of carbonyl (C=O) groups is 1. The molecule has 1 aromatic rings. The maximum Gasteiger partial charge on any atom is 0.223 e. The zero-order valence-corrected chi connectivity index (χ0v) is 10.3. The van der Waals surface area contributed by atoms with Gasteiger partial charge in [0.25, 0.3) is 0 Å². The Hall–Kier alpha value is -1.55. The first-order valence-electron chi connectivity index (χ1n) is 5.81. The van der Waals surface area contributed by atoms with Gasteiger partial charge in [0.1, 0.15) is 5.75 Å². The molecule has 1 atom stereocenters. The number of amides is 1. The second-order valence-electron chi connectivity index (χ2n) is 3.80. The molecule has 1 rings (SSSR count). The van der Waals surface area contributed by atoms with Crippen molar-refractivity contribution < 1.29 is 14.6 Å². The third-order valence-electron chi connectivity index (χ3n) is 2.33. The third kappa shape index (κ3) is 4.87. The quantitative estimate of drug-likeness (QED) is 0.791. The number of aliphatic hydroxyl groups is 1. The molecule has 0 radical (unpaired) electrons. The van der Waals surface area contributed by atoms with E-state index < -0.39 is 6.10 Å². The fourth-order valence-corrected chi connectivity index (χ4v) is 1.39. The molecule has 17 heavy (non-hydrogen) atoms. The summed E-state index contributed by atoms with van der Waals surface area (Å²) in [6, 6.07) is 7.21. The van der Waals surface area contributed by atoms with Crippen molar-refractivity contribution in [2.75, 3.05) is 13.2 Å². The Morgan fingerprint density at radius 3 is 2.59 bits per heavy atom. The van der Waals surface area contributed by atoms with Gasteiger partial charge < -0.3 is 15.2 Å². The fourth-order valence-electron chi connectivity index (χ4n) is 1.39. The average molecular weight is 237 g/mol. The first-order valence-corrected chi connectivity index (χ1v) is 5.81. The van der Waals surface area contributed by atoms with Gasteiger partial charge in [0.05, 0.1) is 19.1 Å². The molecule has 0 saturated carbocycles. The maximum atomic E-state index is 11.2. The summed E-state index contributed by atoms with van der Waals surface area (Å²) in [6.07, 6.45) is -0.120. The molecule has 0 spiro atoms. The molecule has 4 heteroatoms. The number of hydrogen-bond donors (Lipinski definition) is 2. The second-order valence-corrected chi connectivity index (χ2v) is 3.80. The molecule has 1 aromatic carbocycles. The lowest BCUT2D eigenvalue weighted by atomic mass is 10.1. The Kier molecular flexibility index (Phi) is 5.49. The first kappa shape index (κ1) is 13.5. The Balaban J connectivity index is 2.35. The van der Waals surface area contributed by atoms with Crippen LogP contribution in [-0.4, -0.2) is 24.2 Å². The highest BCUT2D eigenvalue weighted by atomic mass is 16.5. The largest absolute Gasteiger partial charge is 0.493 e. The SMILES string of the molecule is CCNC(=O)CCOc1ccc([C@@H](C)O)cc1. The minimum absolute atomic E-state index is 0.00639. The van der Waals surface area contributed by atoms with Crippen molar-refractivity contribution in [3.8, 4) is 5.75 Å². The molecule has 4 nitrogen and oxygen atoms in total. The average Bonchev–Trinajstić information content (AvgIpc) is 2.30. The molecule has 2 N–H and O–H groups in total. The van der Waals surface area contributed by atoms with E-state index in [1.54, 1.807) is 19.1 Å². The van der Waals surface area contributed by atoms with Gasteiger partial charge >= 0.3 is 0 Å². The minimum Gasteiger partial charge on any atom is -0.493 e. The lowest BCUT2D eigenvalue weighted by Gasteiger charge is -2.08. The molecule has 0 unspecified atom stereocenters. The van der Waals surface area contributed by atoms with Crippen LogP contribution in [0.25, 0.3) is 0 Å². The second kappa shape index (κ2) is 6.91. The molecule has 0 aromatic heterocycles. The predicted molar refractivity (Wildman–Crippen MR) is 65.9 cm³/mol. The van der Waals surface area contributed by atoms with Gasteiger partial charge in [0.15, 0.2) is 0 Å². The zero-order valence-electron chi connectivity index (χ0n) is 10.3. The van der Waals surface area contributed by atoms with Crippen LogP contribution in [0.1, 0.15) is 31.9 Å². The van der Waals surface area contributed by atoms with Gasteiger partial charge in [-0.15, -0.1) is 0 Å². The molecule has 0 aliphatic rings. The first-order chi connectivity index (χ1) is 8.13. The molecule has 0 heterocycles. The Morgan fingerprint density at radius 2 is 2.06 bits per heavy atom. The number of hydrogen-bond acceptors (Lipinski definition) is 3. The topological polar surface area (TPSA) is 58.6 Å². The van der Waals surface area contributed by atoms with Crippen LogP contribution in [0.4, 0.5) is 0 Å². The van der Waals surface area contributed by atoms with Crippen LogP contribution in [0, 0.1) is 0 Å². The number of benzene rings is 1. The van der Waals surface area contributed by atoms with Crippen LogP contribution in [-0.2, 0) is 4.79 Å². The Bertz CT molecular complexity index is 346. The summed E-state index contributed by atoms with van der Waals surface area (Å²) in [7, 11) is 0. The number of carbonyl (C=O) groups excluding carboxylic acids is 1. The lowest BCUT2D eigenvalue weighted by molar-refractivity contribution is -0.121. The lowest BCUT2D eigenvalue weighted by Crippen LogP contribution is -2.24. The van der Waals surface area contributed by atoms with Crippen molar-refractivity contribution in [3.05, 3.63) is 29.8 Å². The summed E-state index contributed by atoms with van der Waals surface area (Å²) in [5.74, 6) is 0.701. The Morgan fingerprint density at radius 1 is 1.41 bits per heavy atom. The Labute approximate surface area is 102 Å². The van der Waals surface area contributed by atoms with Crippen LogP contribution in [0.3, 0.4) is 0 Å². The van der Waals surface area contributed by atoms with Crippen LogP contribution in [0.5, 0.6) is 5.75 Å². The smallest absolute Gasteiger partial charge is 0.223 e. The van der Waals surface area contributed by atoms with Gasteiger partial charge in [-0.3, -0.25) is 4.79 Å². The van der Waals surface area contributed by atoms with Crippen molar-refractivity contribution >= 4 is 5.91 Å². The summed E-state index contributed by atoms with van der Waals surface area (Å²) in [5, 5.41) is 12.0. The summed E-state index contributed by atoms with van der Waals surface area (Å²) >= 11 is 0. The van der Waals surface area contributed by atoms with Gasteiger partial charge in [-0.05, 0) is 31.5 Å². The van der Waals surface area contributed by atoms with E-state index in [4.69, 9.17) is 4.74 Å². The number of aliphatic hydroxyl groups excluding tert-OH is 1. The summed E-state index contributed by atoms with van der Waals surface area (Å²) in [6.45, 7) is 4.60. The van der Waals surface area contributed by atoms with Crippen LogP contribution in [0.2, 0.25) is 0 Å². The van der Waals surface area contributed by atoms with E-state index in [0.717, 1.165) is 5.56 Å². The van der Waals surface area contributed by atoms with E-state index >= 15 is 0 Å². The molecule has 94 valence electrons. The molecule has 0 aliphatic heterocycles. The zero-order chi connectivity index (χ0) is 12.7. The molecule has 0 aliphatic carbocycles. The number of ether oxygens (including phenoxy) is 1. The maximum absolute atomic E-state index is 11.2. The molecule has 0 saturated heterocycles. The van der Waals surface area contributed by atoms with E-state index in [2.05, 4.69) is 5.32 Å². The number of rotatable bonds is 6. The highest BCUT2D eigenvalue weighted by Crippen LogP contribution is 2.17. The molecular weight excluding hydrogens is 218 g/mol. The van der Waals surface area contributed by atoms with Gasteiger partial charge in [-0.1, -0.05) is 12.1 Å². The standard InChI is InChI=1S/C13H19NO3/c1-3-14-13(16)8-9-17-12-6-4-11(5-7-12)10(2)15/h4-7,10,15H,3,8-9H2,1-2H3,(H,14,16)/t10-/m1/s1. The molecule has 0 bridgehead atoms. The summed E-state index contributed by atoms with van der Waals surface area (Å²) in [4.78, 5) is 11.2. The molecule has 1 amide bonds. The highest BCUT2D eigenvalue weighted by molar-refractivity contribution is 5.75. The van der Waals surface area contributed by atoms with E-state index in [1.165, 1.54) is 0 Å². The van der Waals surface area contributed by atoms with E-state index in [0.29, 0.717) is 25.3 Å². The van der Waals surface area contributed by atoms with Crippen molar-refractivity contribution in [1.82, 2.24) is 5.32 Å². The monoisotopic (exact) mass is 237 g/mol. The molecule has 0 fully saturated rings. The molecular formula is C13H19NO3. The van der Waals surface area contributed by atoms with E-state index in [1.807, 2.05) is 19.1 Å². The van der Waals surface area contributed by atoms with Crippen molar-refractivity contribution in [2.24, 2.45) is 0 Å². The van der Waals surface area contributed by atoms with Crippen molar-refractivity contribution in [2.45, 2.75) is 26.4 Å². The third-order valence-corrected chi connectivity index (χ3v) is 2.33. The van der Waals surface area contributed by atoms with Gasteiger partial charge in [0.2, 0.25) is 5.91 Å². The summed E-state index contributed by atoms with van der Waals surface area (Å²) < 4.78 is 5.42. The predicted octanol–water partition coefficient (Wildman–Crippen LogP) is 1.64. The minimum atomic E-state index is -0.473. The van der Waals surface area contributed by atoms with Crippen molar-refractivity contribution in [1.29, 1.82) is 0 Å². The fraction of sp³-hybridized carbons (Fsp3) is 0.462. The van der Waals surface area contributed by atoms with E-state index in [-0.39, 0.29) is 5.91 Å². The van der Waals surface area contributed by atoms with E-state index in [9.17, 15) is 9.90 Å². The highest BCUT2D eigenvalue weighted by Gasteiger charge is 2.02. The van der Waals surface area contributed by atoms with Gasteiger partial charge in [0, 0.05) is 6.54 Å². The van der Waals surface area contributed by atoms with Crippen LogP contribution >= 0.6 is 0 Å². The number of nitrogens with one attached hydrogen (secondary N) is 1. The van der Waals surface area contributed by atoms with Gasteiger partial charge in [-0.2, -0.15) is 0 Å². The van der Waals surface area contributed by atoms with Gasteiger partial charge in [-0.25, -0.2) is 0 Å².